The predicted molar refractivity (Wildman–Crippen MR) is 113 cm³/mol. The van der Waals surface area contributed by atoms with E-state index in [0.29, 0.717) is 22.6 Å². The van der Waals surface area contributed by atoms with E-state index in [1.807, 2.05) is 31.3 Å². The number of fused-ring (bicyclic) bond motifs is 1. The molecule has 9 nitrogen and oxygen atoms in total. The molecule has 0 aliphatic rings. The molecule has 4 aromatic rings. The number of pyridine rings is 1. The maximum absolute atomic E-state index is 12.5. The fourth-order valence-electron chi connectivity index (χ4n) is 3.25. The number of nitrogens with zero attached hydrogens (tertiary/aromatic N) is 6. The van der Waals surface area contributed by atoms with Gasteiger partial charge in [-0.15, -0.1) is 0 Å². The lowest BCUT2D eigenvalue weighted by Crippen LogP contribution is -2.22. The number of anilines is 1. The number of hydrogen-bond acceptors (Lipinski definition) is 5. The third-order valence-electron chi connectivity index (χ3n) is 4.67. The number of nitrogens with one attached hydrogen (secondary N) is 1. The molecule has 0 unspecified atom stereocenters. The molecule has 0 aliphatic heterocycles. The minimum atomic E-state index is -0.251. The summed E-state index contributed by atoms with van der Waals surface area (Å²) in [5, 5.41) is 12.3. The van der Waals surface area contributed by atoms with Gasteiger partial charge in [0, 0.05) is 44.5 Å². The van der Waals surface area contributed by atoms with E-state index in [1.54, 1.807) is 49.5 Å². The Kier molecular flexibility index (Phi) is 5.01. The van der Waals surface area contributed by atoms with Crippen molar-refractivity contribution in [3.05, 3.63) is 60.6 Å². The van der Waals surface area contributed by atoms with Crippen molar-refractivity contribution >= 4 is 28.5 Å². The molecule has 9 heteroatoms. The van der Waals surface area contributed by atoms with Crippen LogP contribution in [0.15, 0.2) is 55.0 Å². The van der Waals surface area contributed by atoms with Crippen LogP contribution in [0.3, 0.4) is 0 Å². The Hall–Kier alpha value is -4.01. The molecule has 0 fully saturated rings. The SMILES string of the molecule is CN(C)C(=O)c1cccnc1-c1cnn(CC(=O)Nc2nn(C)c3ccccc23)c1. The van der Waals surface area contributed by atoms with E-state index in [2.05, 4.69) is 20.5 Å². The highest BCUT2D eigenvalue weighted by Crippen LogP contribution is 2.23. The number of aryl methyl sites for hydroxylation is 1. The normalized spacial score (nSPS) is 10.9. The topological polar surface area (TPSA) is 97.9 Å². The molecule has 3 heterocycles. The quantitative estimate of drug-likeness (QED) is 0.551. The summed E-state index contributed by atoms with van der Waals surface area (Å²) in [4.78, 5) is 30.8. The van der Waals surface area contributed by atoms with Gasteiger partial charge >= 0.3 is 0 Å². The number of amides is 2. The summed E-state index contributed by atoms with van der Waals surface area (Å²) in [6, 6.07) is 11.1. The molecule has 0 radical (unpaired) electrons. The molecule has 0 spiro atoms. The molecule has 2 amide bonds. The fraction of sp³-hybridized carbons (Fsp3) is 0.190. The van der Waals surface area contributed by atoms with Gasteiger partial charge in [-0.2, -0.15) is 10.2 Å². The highest BCUT2D eigenvalue weighted by Gasteiger charge is 2.17. The zero-order valence-electron chi connectivity index (χ0n) is 16.9. The van der Waals surface area contributed by atoms with E-state index in [-0.39, 0.29) is 18.4 Å². The van der Waals surface area contributed by atoms with Crippen LogP contribution in [-0.2, 0) is 18.4 Å². The smallest absolute Gasteiger partial charge is 0.255 e. The summed E-state index contributed by atoms with van der Waals surface area (Å²) in [7, 11) is 5.21. The number of carbonyl (C=O) groups excluding carboxylic acids is 2. The van der Waals surface area contributed by atoms with Crippen molar-refractivity contribution in [1.82, 2.24) is 29.4 Å². The van der Waals surface area contributed by atoms with Gasteiger partial charge in [-0.05, 0) is 24.3 Å². The van der Waals surface area contributed by atoms with E-state index in [1.165, 1.54) is 9.58 Å². The van der Waals surface area contributed by atoms with Crippen molar-refractivity contribution in [3.8, 4) is 11.3 Å². The largest absolute Gasteiger partial charge is 0.345 e. The number of para-hydroxylation sites is 1. The van der Waals surface area contributed by atoms with E-state index in [4.69, 9.17) is 0 Å². The third kappa shape index (κ3) is 3.64. The van der Waals surface area contributed by atoms with Crippen LogP contribution in [0.4, 0.5) is 5.82 Å². The Morgan fingerprint density at radius 2 is 1.93 bits per heavy atom. The van der Waals surface area contributed by atoms with Gasteiger partial charge in [0.15, 0.2) is 5.82 Å². The summed E-state index contributed by atoms with van der Waals surface area (Å²) in [6.07, 6.45) is 4.92. The maximum atomic E-state index is 12.5. The van der Waals surface area contributed by atoms with Gasteiger partial charge in [0.05, 0.1) is 23.0 Å². The average molecular weight is 403 g/mol. The molecule has 0 saturated heterocycles. The molecule has 3 aromatic heterocycles. The van der Waals surface area contributed by atoms with Crippen molar-refractivity contribution in [2.45, 2.75) is 6.54 Å². The molecular weight excluding hydrogens is 382 g/mol. The predicted octanol–water partition coefficient (Wildman–Crippen LogP) is 2.17. The molecule has 4 rings (SSSR count). The summed E-state index contributed by atoms with van der Waals surface area (Å²) in [5.74, 6) is 0.110. The van der Waals surface area contributed by atoms with Crippen LogP contribution < -0.4 is 5.32 Å². The molecule has 0 saturated carbocycles. The lowest BCUT2D eigenvalue weighted by molar-refractivity contribution is -0.116. The van der Waals surface area contributed by atoms with Crippen LogP contribution in [0.2, 0.25) is 0 Å². The Labute approximate surface area is 172 Å². The number of aromatic nitrogens is 5. The maximum Gasteiger partial charge on any atom is 0.255 e. The van der Waals surface area contributed by atoms with Crippen molar-refractivity contribution in [2.24, 2.45) is 7.05 Å². The summed E-state index contributed by atoms with van der Waals surface area (Å²) >= 11 is 0. The Balaban J connectivity index is 1.53. The first-order chi connectivity index (χ1) is 14.4. The van der Waals surface area contributed by atoms with Gasteiger partial charge in [-0.3, -0.25) is 23.9 Å². The van der Waals surface area contributed by atoms with E-state index in [9.17, 15) is 9.59 Å². The second kappa shape index (κ2) is 7.78. The molecular formula is C21H21N7O2. The Morgan fingerprint density at radius 1 is 1.13 bits per heavy atom. The van der Waals surface area contributed by atoms with Gasteiger partial charge in [0.25, 0.3) is 5.91 Å². The zero-order chi connectivity index (χ0) is 21.3. The molecule has 1 aromatic carbocycles. The van der Waals surface area contributed by atoms with Crippen LogP contribution in [0.1, 0.15) is 10.4 Å². The molecule has 0 bridgehead atoms. The molecule has 152 valence electrons. The van der Waals surface area contributed by atoms with Crippen molar-refractivity contribution < 1.29 is 9.59 Å². The molecule has 0 atom stereocenters. The third-order valence-corrected chi connectivity index (χ3v) is 4.67. The van der Waals surface area contributed by atoms with Gasteiger partial charge in [-0.25, -0.2) is 0 Å². The summed E-state index contributed by atoms with van der Waals surface area (Å²) in [5.41, 5.74) is 2.60. The van der Waals surface area contributed by atoms with Crippen molar-refractivity contribution in [3.63, 3.8) is 0 Å². The van der Waals surface area contributed by atoms with Gasteiger partial charge in [0.2, 0.25) is 5.91 Å². The standard InChI is InChI=1S/C21H21N7O2/c1-26(2)21(30)16-8-6-10-22-19(16)14-11-23-28(12-14)13-18(29)24-20-15-7-4-5-9-17(15)27(3)25-20/h4-12H,13H2,1-3H3,(H,24,25,29). The summed E-state index contributed by atoms with van der Waals surface area (Å²) < 4.78 is 3.23. The number of carbonyl (C=O) groups is 2. The van der Waals surface area contributed by atoms with Crippen molar-refractivity contribution in [2.75, 3.05) is 19.4 Å². The van der Waals surface area contributed by atoms with Crippen molar-refractivity contribution in [1.29, 1.82) is 0 Å². The summed E-state index contributed by atoms with van der Waals surface area (Å²) in [6.45, 7) is 0.00863. The van der Waals surface area contributed by atoms with E-state index < -0.39 is 0 Å². The first-order valence-corrected chi connectivity index (χ1v) is 9.35. The zero-order valence-corrected chi connectivity index (χ0v) is 16.9. The number of hydrogen-bond donors (Lipinski definition) is 1. The van der Waals surface area contributed by atoms with E-state index in [0.717, 1.165) is 10.9 Å². The van der Waals surface area contributed by atoms with Gasteiger partial charge < -0.3 is 10.2 Å². The van der Waals surface area contributed by atoms with Gasteiger partial charge in [-0.1, -0.05) is 12.1 Å². The second-order valence-corrected chi connectivity index (χ2v) is 7.06. The van der Waals surface area contributed by atoms with E-state index >= 15 is 0 Å². The minimum Gasteiger partial charge on any atom is -0.345 e. The van der Waals surface area contributed by atoms with Crippen LogP contribution in [0, 0.1) is 0 Å². The first kappa shape index (κ1) is 19.3. The van der Waals surface area contributed by atoms with Crippen LogP contribution in [-0.4, -0.2) is 55.4 Å². The first-order valence-electron chi connectivity index (χ1n) is 9.35. The minimum absolute atomic E-state index is 0.00863. The molecule has 30 heavy (non-hydrogen) atoms. The van der Waals surface area contributed by atoms with Crippen LogP contribution in [0.5, 0.6) is 0 Å². The Bertz CT molecular complexity index is 1240. The fourth-order valence-corrected chi connectivity index (χ4v) is 3.25. The highest BCUT2D eigenvalue weighted by atomic mass is 16.2. The van der Waals surface area contributed by atoms with Crippen LogP contribution in [0.25, 0.3) is 22.2 Å². The average Bonchev–Trinajstić information content (AvgIpc) is 3.32. The number of rotatable bonds is 5. The monoisotopic (exact) mass is 403 g/mol. The Morgan fingerprint density at radius 3 is 2.73 bits per heavy atom. The highest BCUT2D eigenvalue weighted by molar-refractivity contribution is 6.00. The second-order valence-electron chi connectivity index (χ2n) is 7.06. The van der Waals surface area contributed by atoms with Crippen LogP contribution >= 0.6 is 0 Å². The molecule has 1 N–H and O–H groups in total. The molecule has 0 aliphatic carbocycles. The lowest BCUT2D eigenvalue weighted by atomic mass is 10.1. The van der Waals surface area contributed by atoms with Gasteiger partial charge in [0.1, 0.15) is 6.54 Å². The lowest BCUT2D eigenvalue weighted by Gasteiger charge is -2.12. The number of benzene rings is 1.